The van der Waals surface area contributed by atoms with Crippen molar-refractivity contribution in [2.24, 2.45) is 5.41 Å². The van der Waals surface area contributed by atoms with E-state index in [4.69, 9.17) is 0 Å². The van der Waals surface area contributed by atoms with Crippen LogP contribution in [0.3, 0.4) is 0 Å². The molecule has 1 rings (SSSR count). The molecular weight excluding hydrogens is 220 g/mol. The molecule has 0 aromatic heterocycles. The van der Waals surface area contributed by atoms with E-state index in [0.717, 1.165) is 19.6 Å². The quantitative estimate of drug-likeness (QED) is 0.794. The van der Waals surface area contributed by atoms with Gasteiger partial charge in [-0.15, -0.1) is 0 Å². The molecule has 0 aliphatic carbocycles. The normalized spacial score (nSPS) is 11.9. The zero-order chi connectivity index (χ0) is 13.6. The molecule has 0 fully saturated rings. The van der Waals surface area contributed by atoms with Crippen LogP contribution in [0, 0.1) is 5.41 Å². The molecule has 0 unspecified atom stereocenters. The summed E-state index contributed by atoms with van der Waals surface area (Å²) in [5.41, 5.74) is 1.59. The van der Waals surface area contributed by atoms with Gasteiger partial charge >= 0.3 is 0 Å². The van der Waals surface area contributed by atoms with Crippen LogP contribution >= 0.6 is 0 Å². The van der Waals surface area contributed by atoms with Crippen molar-refractivity contribution in [3.63, 3.8) is 0 Å². The fourth-order valence-electron chi connectivity index (χ4n) is 2.08. The molecule has 0 bridgehead atoms. The van der Waals surface area contributed by atoms with E-state index in [0.29, 0.717) is 6.04 Å². The number of anilines is 1. The minimum absolute atomic E-state index is 0.274. The highest BCUT2D eigenvalue weighted by Crippen LogP contribution is 2.21. The van der Waals surface area contributed by atoms with Gasteiger partial charge in [0.2, 0.25) is 0 Å². The number of hydrogen-bond donors (Lipinski definition) is 1. The van der Waals surface area contributed by atoms with Crippen LogP contribution in [0.2, 0.25) is 0 Å². The first kappa shape index (κ1) is 15.0. The summed E-state index contributed by atoms with van der Waals surface area (Å²) >= 11 is 0. The van der Waals surface area contributed by atoms with Crippen molar-refractivity contribution < 1.29 is 0 Å². The van der Waals surface area contributed by atoms with Crippen LogP contribution in [0.25, 0.3) is 0 Å². The van der Waals surface area contributed by atoms with E-state index in [9.17, 15) is 0 Å². The van der Waals surface area contributed by atoms with Crippen LogP contribution in [-0.2, 0) is 0 Å². The van der Waals surface area contributed by atoms with Gasteiger partial charge in [-0.05, 0) is 24.5 Å². The third kappa shape index (κ3) is 5.09. The fourth-order valence-corrected chi connectivity index (χ4v) is 2.08. The first-order valence-corrected chi connectivity index (χ1v) is 6.98. The van der Waals surface area contributed by atoms with Crippen LogP contribution in [0.5, 0.6) is 0 Å². The average Bonchev–Trinajstić information content (AvgIpc) is 2.35. The summed E-state index contributed by atoms with van der Waals surface area (Å²) in [5, 5.41) is 3.54. The summed E-state index contributed by atoms with van der Waals surface area (Å²) in [4.78, 5) is 2.45. The largest absolute Gasteiger partial charge is 0.371 e. The Labute approximate surface area is 112 Å². The topological polar surface area (TPSA) is 15.3 Å². The second-order valence-corrected chi connectivity index (χ2v) is 6.05. The molecule has 0 amide bonds. The fraction of sp³-hybridized carbons (Fsp3) is 0.625. The second-order valence-electron chi connectivity index (χ2n) is 6.05. The zero-order valence-electron chi connectivity index (χ0n) is 12.5. The van der Waals surface area contributed by atoms with Crippen molar-refractivity contribution in [3.8, 4) is 0 Å². The number of hydrogen-bond acceptors (Lipinski definition) is 2. The Morgan fingerprint density at radius 2 is 1.78 bits per heavy atom. The molecule has 0 aliphatic rings. The molecule has 18 heavy (non-hydrogen) atoms. The standard InChI is InChI=1S/C16H28N2/c1-6-18(15-10-8-7-9-11-15)13-16(4,5)12-17-14(2)3/h7-11,14,17H,6,12-13H2,1-5H3. The second kappa shape index (κ2) is 6.79. The van der Waals surface area contributed by atoms with Gasteiger partial charge in [0.25, 0.3) is 0 Å². The van der Waals surface area contributed by atoms with Crippen molar-refractivity contribution in [1.29, 1.82) is 0 Å². The van der Waals surface area contributed by atoms with Crippen molar-refractivity contribution in [1.82, 2.24) is 5.32 Å². The van der Waals surface area contributed by atoms with E-state index in [1.807, 2.05) is 0 Å². The van der Waals surface area contributed by atoms with E-state index < -0.39 is 0 Å². The van der Waals surface area contributed by atoms with Gasteiger partial charge in [-0.3, -0.25) is 0 Å². The Morgan fingerprint density at radius 1 is 1.17 bits per heavy atom. The lowest BCUT2D eigenvalue weighted by Crippen LogP contribution is -2.42. The Kier molecular flexibility index (Phi) is 5.67. The Balaban J connectivity index is 2.62. The van der Waals surface area contributed by atoms with Crippen LogP contribution in [0.1, 0.15) is 34.6 Å². The molecule has 2 nitrogen and oxygen atoms in total. The van der Waals surface area contributed by atoms with E-state index in [-0.39, 0.29) is 5.41 Å². The number of benzene rings is 1. The molecule has 0 radical (unpaired) electrons. The summed E-state index contributed by atoms with van der Waals surface area (Å²) in [6.45, 7) is 14.5. The van der Waals surface area contributed by atoms with Crippen LogP contribution in [-0.4, -0.2) is 25.7 Å². The third-order valence-electron chi connectivity index (χ3n) is 3.11. The maximum Gasteiger partial charge on any atom is 0.0366 e. The van der Waals surface area contributed by atoms with Gasteiger partial charge in [0, 0.05) is 31.4 Å². The summed E-state index contributed by atoms with van der Waals surface area (Å²) in [7, 11) is 0. The Hall–Kier alpha value is -1.02. The maximum atomic E-state index is 3.54. The van der Waals surface area contributed by atoms with Gasteiger partial charge in [0.15, 0.2) is 0 Å². The molecule has 0 saturated carbocycles. The van der Waals surface area contributed by atoms with Crippen molar-refractivity contribution in [2.75, 3.05) is 24.5 Å². The molecular formula is C16H28N2. The van der Waals surface area contributed by atoms with Gasteiger partial charge in [-0.25, -0.2) is 0 Å². The first-order valence-electron chi connectivity index (χ1n) is 6.98. The smallest absolute Gasteiger partial charge is 0.0366 e. The predicted molar refractivity (Wildman–Crippen MR) is 81.2 cm³/mol. The third-order valence-corrected chi connectivity index (χ3v) is 3.11. The molecule has 0 atom stereocenters. The molecule has 102 valence electrons. The minimum atomic E-state index is 0.274. The number of rotatable bonds is 7. The molecule has 2 heteroatoms. The van der Waals surface area contributed by atoms with Crippen LogP contribution < -0.4 is 10.2 Å². The molecule has 1 aromatic rings. The van der Waals surface area contributed by atoms with E-state index in [1.54, 1.807) is 0 Å². The summed E-state index contributed by atoms with van der Waals surface area (Å²) in [5.74, 6) is 0. The van der Waals surface area contributed by atoms with Gasteiger partial charge in [-0.1, -0.05) is 45.9 Å². The Morgan fingerprint density at radius 3 is 2.28 bits per heavy atom. The zero-order valence-corrected chi connectivity index (χ0v) is 12.5. The predicted octanol–water partition coefficient (Wildman–Crippen LogP) is 3.54. The van der Waals surface area contributed by atoms with Crippen LogP contribution in [0.15, 0.2) is 30.3 Å². The lowest BCUT2D eigenvalue weighted by molar-refractivity contribution is 0.330. The van der Waals surface area contributed by atoms with E-state index >= 15 is 0 Å². The molecule has 0 saturated heterocycles. The lowest BCUT2D eigenvalue weighted by atomic mass is 9.92. The lowest BCUT2D eigenvalue weighted by Gasteiger charge is -2.34. The number of para-hydroxylation sites is 1. The summed E-state index contributed by atoms with van der Waals surface area (Å²) in [6, 6.07) is 11.2. The SMILES string of the molecule is CCN(CC(C)(C)CNC(C)C)c1ccccc1. The molecule has 1 aromatic carbocycles. The van der Waals surface area contributed by atoms with E-state index in [1.165, 1.54) is 5.69 Å². The molecule has 0 heterocycles. The number of nitrogens with zero attached hydrogens (tertiary/aromatic N) is 1. The highest BCUT2D eigenvalue weighted by Gasteiger charge is 2.21. The van der Waals surface area contributed by atoms with Gasteiger partial charge in [-0.2, -0.15) is 0 Å². The first-order chi connectivity index (χ1) is 8.44. The molecule has 0 spiro atoms. The van der Waals surface area contributed by atoms with Gasteiger partial charge in [0.05, 0.1) is 0 Å². The van der Waals surface area contributed by atoms with Gasteiger partial charge in [0.1, 0.15) is 0 Å². The molecule has 0 aliphatic heterocycles. The van der Waals surface area contributed by atoms with Crippen LogP contribution in [0.4, 0.5) is 5.69 Å². The van der Waals surface area contributed by atoms with Crippen molar-refractivity contribution >= 4 is 5.69 Å². The van der Waals surface area contributed by atoms with Gasteiger partial charge < -0.3 is 10.2 Å². The highest BCUT2D eigenvalue weighted by atomic mass is 15.1. The maximum absolute atomic E-state index is 3.54. The molecule has 1 N–H and O–H groups in total. The number of nitrogens with one attached hydrogen (secondary N) is 1. The minimum Gasteiger partial charge on any atom is -0.371 e. The van der Waals surface area contributed by atoms with Crippen molar-refractivity contribution in [3.05, 3.63) is 30.3 Å². The Bertz CT molecular complexity index is 330. The summed E-state index contributed by atoms with van der Waals surface area (Å²) < 4.78 is 0. The van der Waals surface area contributed by atoms with Crippen molar-refractivity contribution in [2.45, 2.75) is 40.7 Å². The monoisotopic (exact) mass is 248 g/mol. The van der Waals surface area contributed by atoms with E-state index in [2.05, 4.69) is 75.2 Å². The summed E-state index contributed by atoms with van der Waals surface area (Å²) in [6.07, 6.45) is 0. The average molecular weight is 248 g/mol. The highest BCUT2D eigenvalue weighted by molar-refractivity contribution is 5.46.